The highest BCUT2D eigenvalue weighted by Gasteiger charge is 2.30. The summed E-state index contributed by atoms with van der Waals surface area (Å²) in [6, 6.07) is 6.44. The van der Waals surface area contributed by atoms with E-state index in [-0.39, 0.29) is 23.5 Å². The van der Waals surface area contributed by atoms with Gasteiger partial charge in [0.2, 0.25) is 15.9 Å². The van der Waals surface area contributed by atoms with E-state index in [0.29, 0.717) is 24.2 Å². The number of nitrogens with zero attached hydrogens (tertiary/aromatic N) is 3. The number of benzene rings is 1. The standard InChI is InChI=1S/C21H27ClN4O4S2/c22-16-2-1-3-19(14-16)32(28,29)24-15-20(27)26-9-4-17(5-10-26)25-11-6-18(7-12-25)30-21-23-8-13-31-21/h1-3,8,13-14,17-18,24H,4-7,9-12,15H2. The molecule has 0 atom stereocenters. The van der Waals surface area contributed by atoms with Crippen molar-refractivity contribution in [2.24, 2.45) is 0 Å². The first-order valence-electron chi connectivity index (χ1n) is 10.7. The molecule has 4 rings (SSSR count). The van der Waals surface area contributed by atoms with Gasteiger partial charge in [0.25, 0.3) is 5.19 Å². The van der Waals surface area contributed by atoms with Crippen LogP contribution >= 0.6 is 22.9 Å². The Morgan fingerprint density at radius 3 is 2.59 bits per heavy atom. The average molecular weight is 499 g/mol. The second-order valence-electron chi connectivity index (χ2n) is 8.05. The van der Waals surface area contributed by atoms with Gasteiger partial charge in [-0.25, -0.2) is 18.1 Å². The molecule has 0 spiro atoms. The van der Waals surface area contributed by atoms with Crippen molar-refractivity contribution < 1.29 is 17.9 Å². The van der Waals surface area contributed by atoms with Crippen molar-refractivity contribution in [1.82, 2.24) is 19.5 Å². The summed E-state index contributed by atoms with van der Waals surface area (Å²) in [6.45, 7) is 2.98. The maximum atomic E-state index is 12.6. The van der Waals surface area contributed by atoms with Gasteiger partial charge in [-0.15, -0.1) is 0 Å². The summed E-state index contributed by atoms with van der Waals surface area (Å²) in [4.78, 5) is 21.0. The first-order valence-corrected chi connectivity index (χ1v) is 13.5. The molecule has 2 aromatic rings. The molecule has 174 valence electrons. The molecule has 0 unspecified atom stereocenters. The highest BCUT2D eigenvalue weighted by molar-refractivity contribution is 7.89. The lowest BCUT2D eigenvalue weighted by Crippen LogP contribution is -2.51. The molecule has 3 heterocycles. The molecule has 2 aliphatic rings. The lowest BCUT2D eigenvalue weighted by atomic mass is 9.99. The van der Waals surface area contributed by atoms with Crippen LogP contribution in [0.15, 0.2) is 40.7 Å². The molecule has 2 aliphatic heterocycles. The van der Waals surface area contributed by atoms with Crippen LogP contribution in [-0.4, -0.2) is 74.0 Å². The van der Waals surface area contributed by atoms with Crippen LogP contribution in [0.1, 0.15) is 25.7 Å². The van der Waals surface area contributed by atoms with Gasteiger partial charge in [0.15, 0.2) is 0 Å². The average Bonchev–Trinajstić information content (AvgIpc) is 3.31. The second-order valence-corrected chi connectivity index (χ2v) is 11.1. The molecule has 32 heavy (non-hydrogen) atoms. The number of amides is 1. The van der Waals surface area contributed by atoms with E-state index < -0.39 is 10.0 Å². The lowest BCUT2D eigenvalue weighted by Gasteiger charge is -2.41. The molecule has 8 nitrogen and oxygen atoms in total. The van der Waals surface area contributed by atoms with Gasteiger partial charge in [-0.1, -0.05) is 29.0 Å². The molecular weight excluding hydrogens is 472 g/mol. The van der Waals surface area contributed by atoms with Crippen LogP contribution in [0, 0.1) is 0 Å². The van der Waals surface area contributed by atoms with E-state index in [1.165, 1.54) is 23.5 Å². The van der Waals surface area contributed by atoms with E-state index in [0.717, 1.165) is 44.0 Å². The van der Waals surface area contributed by atoms with Gasteiger partial charge in [-0.3, -0.25) is 9.69 Å². The fourth-order valence-electron chi connectivity index (χ4n) is 4.24. The van der Waals surface area contributed by atoms with Crippen molar-refractivity contribution in [1.29, 1.82) is 0 Å². The van der Waals surface area contributed by atoms with Crippen LogP contribution in [0.4, 0.5) is 0 Å². The largest absolute Gasteiger partial charge is 0.467 e. The highest BCUT2D eigenvalue weighted by Crippen LogP contribution is 2.25. The van der Waals surface area contributed by atoms with Crippen LogP contribution < -0.4 is 9.46 Å². The van der Waals surface area contributed by atoms with Gasteiger partial charge < -0.3 is 9.64 Å². The summed E-state index contributed by atoms with van der Waals surface area (Å²) in [7, 11) is -3.77. The number of piperidine rings is 2. The minimum Gasteiger partial charge on any atom is -0.467 e. The molecule has 0 radical (unpaired) electrons. The molecule has 2 fully saturated rings. The van der Waals surface area contributed by atoms with Crippen molar-refractivity contribution in [3.63, 3.8) is 0 Å². The zero-order valence-electron chi connectivity index (χ0n) is 17.7. The molecule has 0 bridgehead atoms. The fraction of sp³-hybridized carbons (Fsp3) is 0.524. The summed E-state index contributed by atoms with van der Waals surface area (Å²) in [5.41, 5.74) is 0. The van der Waals surface area contributed by atoms with Gasteiger partial charge >= 0.3 is 0 Å². The maximum Gasteiger partial charge on any atom is 0.273 e. The number of carbonyl (C=O) groups is 1. The number of aromatic nitrogens is 1. The Balaban J connectivity index is 1.19. The number of hydrogen-bond acceptors (Lipinski definition) is 7. The van der Waals surface area contributed by atoms with Gasteiger partial charge in [0.05, 0.1) is 11.4 Å². The molecule has 1 aromatic carbocycles. The minimum atomic E-state index is -3.77. The first kappa shape index (κ1) is 23.4. The van der Waals surface area contributed by atoms with Crippen LogP contribution in [0.3, 0.4) is 0 Å². The number of carbonyl (C=O) groups excluding carboxylic acids is 1. The van der Waals surface area contributed by atoms with Crippen molar-refractivity contribution in [2.45, 2.75) is 42.7 Å². The number of rotatable bonds is 7. The van der Waals surface area contributed by atoms with Crippen LogP contribution in [0.5, 0.6) is 5.19 Å². The number of halogens is 1. The molecule has 2 saturated heterocycles. The Labute approximate surface area is 197 Å². The SMILES string of the molecule is O=C(CNS(=O)(=O)c1cccc(Cl)c1)N1CCC(N2CCC(Oc3nccs3)CC2)CC1. The van der Waals surface area contributed by atoms with E-state index in [4.69, 9.17) is 16.3 Å². The first-order chi connectivity index (χ1) is 15.4. The van der Waals surface area contributed by atoms with Crippen LogP contribution in [0.25, 0.3) is 0 Å². The fourth-order valence-corrected chi connectivity index (χ4v) is 6.06. The zero-order valence-corrected chi connectivity index (χ0v) is 20.0. The number of likely N-dealkylation sites (tertiary alicyclic amines) is 2. The molecule has 1 aromatic heterocycles. The third-order valence-corrected chi connectivity index (χ3v) is 8.30. The minimum absolute atomic E-state index is 0.0544. The Kier molecular flexibility index (Phi) is 7.67. The smallest absolute Gasteiger partial charge is 0.273 e. The Bertz CT molecular complexity index is 1000. The molecule has 0 saturated carbocycles. The monoisotopic (exact) mass is 498 g/mol. The van der Waals surface area contributed by atoms with Gasteiger partial charge in [0, 0.05) is 48.8 Å². The van der Waals surface area contributed by atoms with Gasteiger partial charge in [-0.2, -0.15) is 0 Å². The van der Waals surface area contributed by atoms with E-state index in [1.807, 2.05) is 5.38 Å². The van der Waals surface area contributed by atoms with Crippen LogP contribution in [-0.2, 0) is 14.8 Å². The van der Waals surface area contributed by atoms with E-state index in [2.05, 4.69) is 14.6 Å². The summed E-state index contributed by atoms with van der Waals surface area (Å²) in [5, 5.41) is 2.99. The van der Waals surface area contributed by atoms with Crippen molar-refractivity contribution in [2.75, 3.05) is 32.7 Å². The molecule has 1 amide bonds. The Morgan fingerprint density at radius 1 is 1.19 bits per heavy atom. The van der Waals surface area contributed by atoms with Crippen LogP contribution in [0.2, 0.25) is 5.02 Å². The maximum absolute atomic E-state index is 12.6. The molecule has 0 aliphatic carbocycles. The Morgan fingerprint density at radius 2 is 1.94 bits per heavy atom. The predicted molar refractivity (Wildman–Crippen MR) is 124 cm³/mol. The van der Waals surface area contributed by atoms with E-state index in [1.54, 1.807) is 23.2 Å². The number of hydrogen-bond donors (Lipinski definition) is 1. The number of ether oxygens (including phenoxy) is 1. The quantitative estimate of drug-likeness (QED) is 0.631. The third-order valence-electron chi connectivity index (χ3n) is 6.01. The Hall–Kier alpha value is -1.72. The third kappa shape index (κ3) is 5.99. The lowest BCUT2D eigenvalue weighted by molar-refractivity contribution is -0.131. The predicted octanol–water partition coefficient (Wildman–Crippen LogP) is 2.61. The number of thiazole rings is 1. The van der Waals surface area contributed by atoms with Crippen molar-refractivity contribution in [3.8, 4) is 5.19 Å². The molecule has 11 heteroatoms. The zero-order chi connectivity index (χ0) is 22.6. The molecule has 1 N–H and O–H groups in total. The topological polar surface area (TPSA) is 91.8 Å². The molecular formula is C21H27ClN4O4S2. The normalized spacial score (nSPS) is 19.2. The number of nitrogens with one attached hydrogen (secondary N) is 1. The van der Waals surface area contributed by atoms with Gasteiger partial charge in [0.1, 0.15) is 6.10 Å². The van der Waals surface area contributed by atoms with Crippen molar-refractivity contribution >= 4 is 38.9 Å². The van der Waals surface area contributed by atoms with Crippen molar-refractivity contribution in [3.05, 3.63) is 40.9 Å². The van der Waals surface area contributed by atoms with E-state index >= 15 is 0 Å². The summed E-state index contributed by atoms with van der Waals surface area (Å²) in [5.74, 6) is -0.204. The van der Waals surface area contributed by atoms with E-state index in [9.17, 15) is 13.2 Å². The summed E-state index contributed by atoms with van der Waals surface area (Å²) >= 11 is 7.39. The summed E-state index contributed by atoms with van der Waals surface area (Å²) < 4.78 is 33.1. The summed E-state index contributed by atoms with van der Waals surface area (Å²) in [6.07, 6.45) is 5.71. The number of sulfonamides is 1. The van der Waals surface area contributed by atoms with Gasteiger partial charge in [-0.05, 0) is 43.9 Å². The second kappa shape index (κ2) is 10.5. The highest BCUT2D eigenvalue weighted by atomic mass is 35.5.